The summed E-state index contributed by atoms with van der Waals surface area (Å²) in [5.74, 6) is -1.94. The third-order valence-corrected chi connectivity index (χ3v) is 2.94. The van der Waals surface area contributed by atoms with Gasteiger partial charge in [0.25, 0.3) is 5.91 Å². The predicted octanol–water partition coefficient (Wildman–Crippen LogP) is 0.526. The van der Waals surface area contributed by atoms with Crippen molar-refractivity contribution in [2.45, 2.75) is 12.0 Å². The van der Waals surface area contributed by atoms with Gasteiger partial charge in [-0.2, -0.15) is 0 Å². The Morgan fingerprint density at radius 1 is 1.56 bits per heavy atom. The molecule has 1 atom stereocenters. The monoisotopic (exact) mass is 251 g/mol. The molecule has 18 heavy (non-hydrogen) atoms. The lowest BCUT2D eigenvalue weighted by molar-refractivity contribution is -0.149. The highest BCUT2D eigenvalue weighted by Gasteiger charge is 2.49. The number of carbonyl (C=O) groups excluding carboxylic acids is 3. The van der Waals surface area contributed by atoms with Gasteiger partial charge < -0.3 is 14.8 Å². The number of amides is 1. The summed E-state index contributed by atoms with van der Waals surface area (Å²) in [4.78, 5) is 34.3. The highest BCUT2D eigenvalue weighted by atomic mass is 19.1. The van der Waals surface area contributed by atoms with Crippen LogP contribution < -0.4 is 5.32 Å². The number of rotatable bonds is 3. The standard InChI is InChI=1S/C12H10FNO4/c1-18-11(17)12(4-5-15)9-3-2-7(13)6-8(9)10(16)14-12/h2-3,5-6H,4H2,1H3,(H,14,16). The van der Waals surface area contributed by atoms with Crippen molar-refractivity contribution in [2.24, 2.45) is 0 Å². The van der Waals surface area contributed by atoms with Crippen molar-refractivity contribution >= 4 is 18.2 Å². The summed E-state index contributed by atoms with van der Waals surface area (Å²) < 4.78 is 17.7. The normalized spacial score (nSPS) is 21.1. The minimum atomic E-state index is -1.55. The fourth-order valence-electron chi connectivity index (χ4n) is 2.11. The average Bonchev–Trinajstić information content (AvgIpc) is 2.63. The van der Waals surface area contributed by atoms with E-state index in [-0.39, 0.29) is 17.5 Å². The maximum absolute atomic E-state index is 13.1. The molecule has 1 unspecified atom stereocenters. The van der Waals surface area contributed by atoms with Gasteiger partial charge in [0.2, 0.25) is 0 Å². The zero-order valence-corrected chi connectivity index (χ0v) is 9.53. The van der Waals surface area contributed by atoms with Gasteiger partial charge in [-0.1, -0.05) is 6.07 Å². The Morgan fingerprint density at radius 2 is 2.28 bits per heavy atom. The number of hydrogen-bond donors (Lipinski definition) is 1. The van der Waals surface area contributed by atoms with Crippen molar-refractivity contribution in [3.63, 3.8) is 0 Å². The molecule has 0 saturated heterocycles. The summed E-state index contributed by atoms with van der Waals surface area (Å²) in [5, 5.41) is 2.40. The number of ether oxygens (including phenoxy) is 1. The predicted molar refractivity (Wildman–Crippen MR) is 58.2 cm³/mol. The molecule has 0 fully saturated rings. The van der Waals surface area contributed by atoms with Crippen molar-refractivity contribution in [1.29, 1.82) is 0 Å². The van der Waals surface area contributed by atoms with E-state index >= 15 is 0 Å². The maximum Gasteiger partial charge on any atom is 0.336 e. The summed E-state index contributed by atoms with van der Waals surface area (Å²) in [7, 11) is 1.16. The topological polar surface area (TPSA) is 72.5 Å². The summed E-state index contributed by atoms with van der Waals surface area (Å²) in [6.45, 7) is 0. The minimum absolute atomic E-state index is 0.0438. The fourth-order valence-corrected chi connectivity index (χ4v) is 2.11. The maximum atomic E-state index is 13.1. The van der Waals surface area contributed by atoms with Gasteiger partial charge in [-0.15, -0.1) is 0 Å². The van der Waals surface area contributed by atoms with E-state index in [0.717, 1.165) is 19.2 Å². The molecule has 1 aliphatic rings. The molecule has 0 bridgehead atoms. The first kappa shape index (κ1) is 12.2. The minimum Gasteiger partial charge on any atom is -0.467 e. The van der Waals surface area contributed by atoms with Crippen molar-refractivity contribution < 1.29 is 23.5 Å². The number of aldehydes is 1. The lowest BCUT2D eigenvalue weighted by Crippen LogP contribution is -2.47. The van der Waals surface area contributed by atoms with Crippen LogP contribution in [0.15, 0.2) is 18.2 Å². The molecule has 0 radical (unpaired) electrons. The van der Waals surface area contributed by atoms with E-state index in [1.807, 2.05) is 0 Å². The second kappa shape index (κ2) is 4.21. The van der Waals surface area contributed by atoms with Crippen LogP contribution in [0.2, 0.25) is 0 Å². The first-order chi connectivity index (χ1) is 8.55. The molecule has 1 aromatic carbocycles. The Balaban J connectivity index is 2.63. The van der Waals surface area contributed by atoms with Crippen LogP contribution in [-0.2, 0) is 19.9 Å². The number of carbonyl (C=O) groups is 3. The molecule has 1 aromatic rings. The van der Waals surface area contributed by atoms with Crippen LogP contribution in [-0.4, -0.2) is 25.3 Å². The number of nitrogens with one attached hydrogen (secondary N) is 1. The van der Waals surface area contributed by atoms with Gasteiger partial charge in [0.05, 0.1) is 7.11 Å². The molecule has 6 heteroatoms. The van der Waals surface area contributed by atoms with Crippen molar-refractivity contribution in [3.8, 4) is 0 Å². The largest absolute Gasteiger partial charge is 0.467 e. The first-order valence-electron chi connectivity index (χ1n) is 5.20. The zero-order chi connectivity index (χ0) is 13.3. The van der Waals surface area contributed by atoms with Gasteiger partial charge in [0.15, 0.2) is 5.54 Å². The second-order valence-electron chi connectivity index (χ2n) is 3.91. The number of fused-ring (bicyclic) bond motifs is 1. The summed E-state index contributed by atoms with van der Waals surface area (Å²) in [6, 6.07) is 3.46. The van der Waals surface area contributed by atoms with Gasteiger partial charge in [0.1, 0.15) is 12.1 Å². The van der Waals surface area contributed by atoms with Crippen LogP contribution in [0.5, 0.6) is 0 Å². The summed E-state index contributed by atoms with van der Waals surface area (Å²) in [6.07, 6.45) is 0.250. The van der Waals surface area contributed by atoms with Crippen LogP contribution >= 0.6 is 0 Å². The van der Waals surface area contributed by atoms with Gasteiger partial charge in [0, 0.05) is 17.5 Å². The quantitative estimate of drug-likeness (QED) is 0.628. The number of esters is 1. The van der Waals surface area contributed by atoms with Gasteiger partial charge in [-0.25, -0.2) is 9.18 Å². The molecule has 1 aliphatic heterocycles. The van der Waals surface area contributed by atoms with Crippen molar-refractivity contribution in [2.75, 3.05) is 7.11 Å². The zero-order valence-electron chi connectivity index (χ0n) is 9.53. The summed E-state index contributed by atoms with van der Waals surface area (Å²) in [5.41, 5.74) is -1.24. The van der Waals surface area contributed by atoms with Crippen LogP contribution in [0.3, 0.4) is 0 Å². The number of methoxy groups -OCH3 is 1. The van der Waals surface area contributed by atoms with E-state index < -0.39 is 23.2 Å². The fraction of sp³-hybridized carbons (Fsp3) is 0.250. The molecule has 94 valence electrons. The lowest BCUT2D eigenvalue weighted by atomic mass is 9.88. The highest BCUT2D eigenvalue weighted by Crippen LogP contribution is 2.35. The van der Waals surface area contributed by atoms with Gasteiger partial charge in [-0.3, -0.25) is 4.79 Å². The molecule has 1 heterocycles. The van der Waals surface area contributed by atoms with E-state index in [1.54, 1.807) is 0 Å². The molecule has 1 N–H and O–H groups in total. The Morgan fingerprint density at radius 3 is 2.89 bits per heavy atom. The van der Waals surface area contributed by atoms with Gasteiger partial charge in [-0.05, 0) is 12.1 Å². The van der Waals surface area contributed by atoms with Crippen LogP contribution in [0.25, 0.3) is 0 Å². The van der Waals surface area contributed by atoms with Crippen LogP contribution in [0.4, 0.5) is 4.39 Å². The Hall–Kier alpha value is -2.24. The molecular weight excluding hydrogens is 241 g/mol. The smallest absolute Gasteiger partial charge is 0.336 e. The number of halogens is 1. The van der Waals surface area contributed by atoms with Crippen LogP contribution in [0.1, 0.15) is 22.3 Å². The number of benzene rings is 1. The average molecular weight is 251 g/mol. The highest BCUT2D eigenvalue weighted by molar-refractivity contribution is 6.06. The molecular formula is C12H10FNO4. The van der Waals surface area contributed by atoms with Crippen LogP contribution in [0, 0.1) is 5.82 Å². The molecule has 1 amide bonds. The molecule has 0 spiro atoms. The molecule has 0 aliphatic carbocycles. The lowest BCUT2D eigenvalue weighted by Gasteiger charge is -2.24. The van der Waals surface area contributed by atoms with E-state index in [4.69, 9.17) is 0 Å². The molecule has 0 aromatic heterocycles. The Labute approximate surface area is 102 Å². The molecule has 5 nitrogen and oxygen atoms in total. The number of hydrogen-bond acceptors (Lipinski definition) is 4. The summed E-state index contributed by atoms with van der Waals surface area (Å²) >= 11 is 0. The SMILES string of the molecule is COC(=O)C1(CC=O)NC(=O)c2cc(F)ccc21. The third kappa shape index (κ3) is 1.57. The van der Waals surface area contributed by atoms with Crippen molar-refractivity contribution in [3.05, 3.63) is 35.1 Å². The van der Waals surface area contributed by atoms with Gasteiger partial charge >= 0.3 is 5.97 Å². The Bertz CT molecular complexity index is 543. The van der Waals surface area contributed by atoms with E-state index in [2.05, 4.69) is 10.1 Å². The molecule has 0 saturated carbocycles. The second-order valence-corrected chi connectivity index (χ2v) is 3.91. The van der Waals surface area contributed by atoms with E-state index in [9.17, 15) is 18.8 Å². The van der Waals surface area contributed by atoms with E-state index in [1.165, 1.54) is 6.07 Å². The van der Waals surface area contributed by atoms with E-state index in [0.29, 0.717) is 6.29 Å². The first-order valence-corrected chi connectivity index (χ1v) is 5.20. The molecule has 2 rings (SSSR count). The third-order valence-electron chi connectivity index (χ3n) is 2.94. The van der Waals surface area contributed by atoms with Crippen molar-refractivity contribution in [1.82, 2.24) is 5.32 Å². The Kier molecular flexibility index (Phi) is 2.86.